The van der Waals surface area contributed by atoms with E-state index in [1.54, 1.807) is 28.0 Å². The van der Waals surface area contributed by atoms with E-state index in [0.717, 1.165) is 76.6 Å². The highest BCUT2D eigenvalue weighted by Crippen LogP contribution is 2.32. The molecule has 1 saturated carbocycles. The van der Waals surface area contributed by atoms with Crippen molar-refractivity contribution in [3.8, 4) is 0 Å². The molecule has 32 heavy (non-hydrogen) atoms. The zero-order valence-corrected chi connectivity index (χ0v) is 20.4. The molecule has 7 nitrogen and oxygen atoms in total. The first-order valence-electron chi connectivity index (χ1n) is 10.6. The van der Waals surface area contributed by atoms with Gasteiger partial charge in [-0.15, -0.1) is 23.1 Å². The highest BCUT2D eigenvalue weighted by atomic mass is 32.2. The fraction of sp³-hybridized carbons (Fsp3) is 0.435. The normalized spacial score (nSPS) is 19.9. The first-order chi connectivity index (χ1) is 15.4. The number of aromatic nitrogens is 2. The van der Waals surface area contributed by atoms with E-state index >= 15 is 0 Å². The van der Waals surface area contributed by atoms with Gasteiger partial charge in [0.05, 0.1) is 27.2 Å². The summed E-state index contributed by atoms with van der Waals surface area (Å²) in [5, 5.41) is 14.0. The number of thioether (sulfide) groups is 1. The number of rotatable bonds is 7. The Balaban J connectivity index is 0.000000219. The molecule has 3 heterocycles. The SMILES string of the molecule is C=N/C(=C\SCNc1ccc(C)cn1)c1sc(C)nc1C.N=C1[C@@H]2CC[C@H]1CN(C=O)C2. The Morgan fingerprint density at radius 1 is 1.34 bits per heavy atom. The maximum atomic E-state index is 10.4. The molecular weight excluding hydrogens is 440 g/mol. The number of amides is 1. The van der Waals surface area contributed by atoms with Gasteiger partial charge in [0.15, 0.2) is 0 Å². The van der Waals surface area contributed by atoms with Gasteiger partial charge >= 0.3 is 0 Å². The third-order valence-corrected chi connectivity index (χ3v) is 7.35. The molecule has 0 radical (unpaired) electrons. The summed E-state index contributed by atoms with van der Waals surface area (Å²) in [6.07, 6.45) is 5.00. The molecule has 2 N–H and O–H groups in total. The van der Waals surface area contributed by atoms with Crippen LogP contribution in [-0.4, -0.2) is 52.7 Å². The Kier molecular flexibility index (Phi) is 8.58. The van der Waals surface area contributed by atoms with Gasteiger partial charge in [-0.05, 0) is 57.4 Å². The third-order valence-electron chi connectivity index (χ3n) is 5.55. The second kappa shape index (κ2) is 11.4. The molecule has 2 aliphatic rings. The van der Waals surface area contributed by atoms with Crippen molar-refractivity contribution in [1.82, 2.24) is 14.9 Å². The summed E-state index contributed by atoms with van der Waals surface area (Å²) in [4.78, 5) is 26.2. The van der Waals surface area contributed by atoms with Crippen LogP contribution in [0.2, 0.25) is 0 Å². The van der Waals surface area contributed by atoms with Crippen LogP contribution in [0.1, 0.15) is 34.0 Å². The molecule has 2 atom stereocenters. The molecule has 1 aliphatic heterocycles. The molecule has 2 bridgehead atoms. The van der Waals surface area contributed by atoms with Crippen LogP contribution in [0.25, 0.3) is 5.70 Å². The Morgan fingerprint density at radius 3 is 2.59 bits per heavy atom. The summed E-state index contributed by atoms with van der Waals surface area (Å²) < 4.78 is 0. The second-order valence-corrected chi connectivity index (χ2v) is 10.1. The van der Waals surface area contributed by atoms with Crippen molar-refractivity contribution >= 4 is 53.5 Å². The minimum atomic E-state index is 0.388. The minimum Gasteiger partial charge on any atom is -0.361 e. The maximum Gasteiger partial charge on any atom is 0.209 e. The largest absolute Gasteiger partial charge is 0.361 e. The number of aryl methyl sites for hydroxylation is 3. The summed E-state index contributed by atoms with van der Waals surface area (Å²) in [6, 6.07) is 4.01. The van der Waals surface area contributed by atoms with Gasteiger partial charge in [0.25, 0.3) is 0 Å². The van der Waals surface area contributed by atoms with Gasteiger partial charge in [-0.1, -0.05) is 6.07 Å². The minimum absolute atomic E-state index is 0.388. The first-order valence-corrected chi connectivity index (χ1v) is 12.4. The lowest BCUT2D eigenvalue weighted by Crippen LogP contribution is -2.40. The van der Waals surface area contributed by atoms with Crippen LogP contribution < -0.4 is 5.32 Å². The molecule has 2 aromatic heterocycles. The molecule has 0 aromatic carbocycles. The van der Waals surface area contributed by atoms with Gasteiger partial charge in [0.1, 0.15) is 5.82 Å². The number of piperidine rings is 1. The van der Waals surface area contributed by atoms with Crippen LogP contribution in [0, 0.1) is 38.0 Å². The van der Waals surface area contributed by atoms with Gasteiger partial charge in [0.2, 0.25) is 6.41 Å². The zero-order valence-electron chi connectivity index (χ0n) is 18.8. The maximum absolute atomic E-state index is 10.4. The molecular formula is C23H30N6OS2. The lowest BCUT2D eigenvalue weighted by Gasteiger charge is -2.29. The number of anilines is 1. The third kappa shape index (κ3) is 6.26. The quantitative estimate of drug-likeness (QED) is 0.263. The van der Waals surface area contributed by atoms with E-state index in [4.69, 9.17) is 5.41 Å². The van der Waals surface area contributed by atoms with E-state index in [1.807, 2.05) is 44.5 Å². The molecule has 1 aliphatic carbocycles. The van der Waals surface area contributed by atoms with Gasteiger partial charge in [-0.25, -0.2) is 9.97 Å². The summed E-state index contributed by atoms with van der Waals surface area (Å²) >= 11 is 3.27. The summed E-state index contributed by atoms with van der Waals surface area (Å²) in [7, 11) is 0. The van der Waals surface area contributed by atoms with Crippen molar-refractivity contribution in [1.29, 1.82) is 5.41 Å². The van der Waals surface area contributed by atoms with Crippen LogP contribution in [-0.2, 0) is 4.79 Å². The summed E-state index contributed by atoms with van der Waals surface area (Å²) in [5.74, 6) is 2.38. The molecule has 4 rings (SSSR count). The van der Waals surface area contributed by atoms with Crippen LogP contribution in [0.4, 0.5) is 5.82 Å². The van der Waals surface area contributed by atoms with E-state index in [2.05, 4.69) is 27.0 Å². The number of hydrogen-bond acceptors (Lipinski definition) is 8. The Morgan fingerprint density at radius 2 is 2.06 bits per heavy atom. The highest BCUT2D eigenvalue weighted by molar-refractivity contribution is 8.02. The monoisotopic (exact) mass is 470 g/mol. The van der Waals surface area contributed by atoms with Crippen molar-refractivity contribution < 1.29 is 4.79 Å². The van der Waals surface area contributed by atoms with Crippen molar-refractivity contribution in [3.63, 3.8) is 0 Å². The number of hydrogen-bond donors (Lipinski definition) is 2. The number of pyridine rings is 1. The number of nitrogens with one attached hydrogen (secondary N) is 2. The lowest BCUT2D eigenvalue weighted by atomic mass is 9.97. The topological polar surface area (TPSA) is 94.3 Å². The van der Waals surface area contributed by atoms with Crippen molar-refractivity contribution in [3.05, 3.63) is 44.9 Å². The van der Waals surface area contributed by atoms with Gasteiger partial charge in [-0.3, -0.25) is 9.79 Å². The standard InChI is InChI=1S/C15H18N4S2.C8H12N2O/c1-10-5-6-14(17-7-10)18-9-20-8-13(16-4)15-11(2)19-12(3)21-15;9-8-6-1-2-7(8)4-10(3-6)5-11/h5-8H,4,9H2,1-3H3,(H,17,18);5-7,9H,1-4H2/b13-8-;/t;6-,7+. The predicted octanol–water partition coefficient (Wildman–Crippen LogP) is 4.77. The van der Waals surface area contributed by atoms with Crippen molar-refractivity contribution in [2.75, 3.05) is 24.3 Å². The van der Waals surface area contributed by atoms with E-state index in [-0.39, 0.29) is 0 Å². The number of carbonyl (C=O) groups is 1. The highest BCUT2D eigenvalue weighted by Gasteiger charge is 2.37. The van der Waals surface area contributed by atoms with E-state index < -0.39 is 0 Å². The van der Waals surface area contributed by atoms with Crippen LogP contribution in [0.15, 0.2) is 28.7 Å². The van der Waals surface area contributed by atoms with E-state index in [1.165, 1.54) is 0 Å². The number of carbonyl (C=O) groups excluding carboxylic acids is 1. The molecule has 9 heteroatoms. The lowest BCUT2D eigenvalue weighted by molar-refractivity contribution is -0.118. The van der Waals surface area contributed by atoms with Crippen molar-refractivity contribution in [2.24, 2.45) is 16.8 Å². The van der Waals surface area contributed by atoms with Crippen LogP contribution in [0.5, 0.6) is 0 Å². The van der Waals surface area contributed by atoms with Crippen LogP contribution >= 0.6 is 23.1 Å². The smallest absolute Gasteiger partial charge is 0.209 e. The molecule has 1 amide bonds. The summed E-state index contributed by atoms with van der Waals surface area (Å²) in [6.45, 7) is 11.3. The fourth-order valence-electron chi connectivity index (χ4n) is 3.89. The Bertz CT molecular complexity index is 969. The molecule has 0 unspecified atom stereocenters. The average molecular weight is 471 g/mol. The Labute approximate surface area is 198 Å². The number of thiazole rings is 1. The predicted molar refractivity (Wildman–Crippen MR) is 136 cm³/mol. The molecule has 2 fully saturated rings. The van der Waals surface area contributed by atoms with Gasteiger partial charge in [0, 0.05) is 36.8 Å². The van der Waals surface area contributed by atoms with Gasteiger partial charge in [-0.2, -0.15) is 0 Å². The zero-order chi connectivity index (χ0) is 23.1. The molecule has 2 aromatic rings. The fourth-order valence-corrected chi connectivity index (χ4v) is 5.53. The van der Waals surface area contributed by atoms with E-state index in [9.17, 15) is 4.79 Å². The average Bonchev–Trinajstić information content (AvgIpc) is 3.20. The summed E-state index contributed by atoms with van der Waals surface area (Å²) in [5.41, 5.74) is 3.93. The number of nitrogens with zero attached hydrogens (tertiary/aromatic N) is 4. The second-order valence-electron chi connectivity index (χ2n) is 8.00. The van der Waals surface area contributed by atoms with E-state index in [0.29, 0.717) is 11.8 Å². The number of fused-ring (bicyclic) bond motifs is 2. The molecule has 170 valence electrons. The first kappa shape index (κ1) is 24.1. The van der Waals surface area contributed by atoms with Gasteiger partial charge < -0.3 is 15.6 Å². The molecule has 1 saturated heterocycles. The molecule has 0 spiro atoms. The number of likely N-dealkylation sites (tertiary alicyclic amines) is 1. The van der Waals surface area contributed by atoms with Crippen LogP contribution in [0.3, 0.4) is 0 Å². The van der Waals surface area contributed by atoms with Crippen molar-refractivity contribution in [2.45, 2.75) is 33.6 Å². The number of aliphatic imine (C=N–C) groups is 1. The Hall–Kier alpha value is -2.52.